The van der Waals surface area contributed by atoms with Gasteiger partial charge in [-0.15, -0.1) is 11.3 Å². The molecule has 2 aromatic carbocycles. The van der Waals surface area contributed by atoms with Crippen LogP contribution in [0.3, 0.4) is 0 Å². The first-order valence-electron chi connectivity index (χ1n) is 8.08. The normalized spacial score (nSPS) is 16.0. The Labute approximate surface area is 153 Å². The maximum Gasteiger partial charge on any atom is 0.346 e. The van der Waals surface area contributed by atoms with E-state index in [1.54, 1.807) is 24.3 Å². The number of hydrogen-bond donors (Lipinski definition) is 3. The number of amides is 1. The summed E-state index contributed by atoms with van der Waals surface area (Å²) in [6, 6.07) is 15.9. The molecule has 1 amide bonds. The van der Waals surface area contributed by atoms with Gasteiger partial charge in [-0.2, -0.15) is 0 Å². The monoisotopic (exact) mass is 365 g/mol. The van der Waals surface area contributed by atoms with Crippen molar-refractivity contribution in [1.29, 1.82) is 0 Å². The molecule has 0 unspecified atom stereocenters. The number of benzene rings is 2. The third-order valence-electron chi connectivity index (χ3n) is 4.46. The van der Waals surface area contributed by atoms with Crippen molar-refractivity contribution in [1.82, 2.24) is 0 Å². The highest BCUT2D eigenvalue weighted by molar-refractivity contribution is 7.15. The molecule has 0 fully saturated rings. The van der Waals surface area contributed by atoms with Crippen LogP contribution in [0.25, 0.3) is 11.1 Å². The van der Waals surface area contributed by atoms with Crippen LogP contribution in [0.4, 0.5) is 5.69 Å². The molecule has 4 rings (SSSR count). The Morgan fingerprint density at radius 1 is 1.08 bits per heavy atom. The Morgan fingerprint density at radius 3 is 2.42 bits per heavy atom. The van der Waals surface area contributed by atoms with Gasteiger partial charge in [-0.1, -0.05) is 42.5 Å². The van der Waals surface area contributed by atoms with Crippen molar-refractivity contribution >= 4 is 28.9 Å². The lowest BCUT2D eigenvalue weighted by atomic mass is 9.88. The van der Waals surface area contributed by atoms with E-state index in [9.17, 15) is 19.8 Å². The summed E-state index contributed by atoms with van der Waals surface area (Å²) < 4.78 is 0. The zero-order valence-corrected chi connectivity index (χ0v) is 14.4. The second-order valence-electron chi connectivity index (χ2n) is 6.11. The van der Waals surface area contributed by atoms with Crippen LogP contribution in [0.1, 0.15) is 32.5 Å². The summed E-state index contributed by atoms with van der Waals surface area (Å²) in [6.07, 6.45) is 0.242. The number of aromatic hydroxyl groups is 1. The second-order valence-corrected chi connectivity index (χ2v) is 7.17. The number of carbonyl (C=O) groups is 2. The smallest absolute Gasteiger partial charge is 0.346 e. The highest BCUT2D eigenvalue weighted by Gasteiger charge is 2.34. The van der Waals surface area contributed by atoms with Crippen LogP contribution in [0.15, 0.2) is 54.6 Å². The molecular weight excluding hydrogens is 350 g/mol. The van der Waals surface area contributed by atoms with E-state index < -0.39 is 5.97 Å². The first kappa shape index (κ1) is 16.4. The molecule has 1 aromatic heterocycles. The SMILES string of the molecule is O=C1C[C@H](c2ccc(O)cc2)c2sc(C(=O)O)c(-c3ccccc3)c2N1. The molecule has 2 heterocycles. The first-order chi connectivity index (χ1) is 12.5. The molecule has 0 saturated heterocycles. The molecule has 0 aliphatic carbocycles. The molecule has 3 N–H and O–H groups in total. The van der Waals surface area contributed by atoms with E-state index in [0.717, 1.165) is 16.0 Å². The summed E-state index contributed by atoms with van der Waals surface area (Å²) in [4.78, 5) is 25.2. The molecule has 0 spiro atoms. The Bertz CT molecular complexity index is 993. The van der Waals surface area contributed by atoms with Crippen LogP contribution in [-0.2, 0) is 4.79 Å². The van der Waals surface area contributed by atoms with E-state index in [2.05, 4.69) is 5.32 Å². The molecule has 1 atom stereocenters. The summed E-state index contributed by atoms with van der Waals surface area (Å²) >= 11 is 1.20. The zero-order chi connectivity index (χ0) is 18.3. The fourth-order valence-corrected chi connectivity index (χ4v) is 4.54. The molecular formula is C20H15NO4S. The summed E-state index contributed by atoms with van der Waals surface area (Å²) in [5.41, 5.74) is 2.76. The number of fused-ring (bicyclic) bond motifs is 1. The zero-order valence-electron chi connectivity index (χ0n) is 13.6. The van der Waals surface area contributed by atoms with E-state index in [-0.39, 0.29) is 28.9 Å². The number of aromatic carboxylic acids is 1. The highest BCUT2D eigenvalue weighted by atomic mass is 32.1. The molecule has 26 heavy (non-hydrogen) atoms. The van der Waals surface area contributed by atoms with Crippen molar-refractivity contribution in [3.63, 3.8) is 0 Å². The fraction of sp³-hybridized carbons (Fsp3) is 0.100. The minimum absolute atomic E-state index is 0.150. The lowest BCUT2D eigenvalue weighted by Gasteiger charge is -2.24. The molecule has 5 nitrogen and oxygen atoms in total. The standard InChI is InChI=1S/C20H15NO4S/c22-13-8-6-11(7-9-13)14-10-15(23)21-17-16(12-4-2-1-3-5-12)19(20(24)25)26-18(14)17/h1-9,14,22H,10H2,(H,21,23)(H,24,25)/t14-/m1/s1. The Morgan fingerprint density at radius 2 is 1.77 bits per heavy atom. The molecule has 130 valence electrons. The van der Waals surface area contributed by atoms with Gasteiger partial charge in [0.2, 0.25) is 5.91 Å². The van der Waals surface area contributed by atoms with Crippen molar-refractivity contribution in [2.24, 2.45) is 0 Å². The number of carboxylic acids is 1. The minimum Gasteiger partial charge on any atom is -0.508 e. The van der Waals surface area contributed by atoms with E-state index in [4.69, 9.17) is 0 Å². The van der Waals surface area contributed by atoms with Crippen molar-refractivity contribution in [3.8, 4) is 16.9 Å². The summed E-state index contributed by atoms with van der Waals surface area (Å²) in [5.74, 6) is -1.25. The van der Waals surface area contributed by atoms with Gasteiger partial charge in [0.25, 0.3) is 0 Å². The molecule has 3 aromatic rings. The highest BCUT2D eigenvalue weighted by Crippen LogP contribution is 2.49. The van der Waals surface area contributed by atoms with Crippen LogP contribution in [-0.4, -0.2) is 22.1 Å². The average Bonchev–Trinajstić information content (AvgIpc) is 3.02. The van der Waals surface area contributed by atoms with E-state index in [1.807, 2.05) is 30.3 Å². The summed E-state index contributed by atoms with van der Waals surface area (Å²) in [7, 11) is 0. The molecule has 1 aliphatic heterocycles. The maximum absolute atomic E-state index is 12.3. The number of thiophene rings is 1. The van der Waals surface area contributed by atoms with Crippen LogP contribution in [0.2, 0.25) is 0 Å². The van der Waals surface area contributed by atoms with Crippen molar-refractivity contribution in [2.75, 3.05) is 5.32 Å². The lowest BCUT2D eigenvalue weighted by molar-refractivity contribution is -0.116. The van der Waals surface area contributed by atoms with Gasteiger partial charge in [-0.3, -0.25) is 4.79 Å². The van der Waals surface area contributed by atoms with Crippen molar-refractivity contribution < 1.29 is 19.8 Å². The number of carboxylic acid groups (broad SMARTS) is 1. The third kappa shape index (κ3) is 2.74. The molecule has 0 bridgehead atoms. The van der Waals surface area contributed by atoms with E-state index in [1.165, 1.54) is 11.3 Å². The number of phenols is 1. The predicted molar refractivity (Wildman–Crippen MR) is 99.9 cm³/mol. The van der Waals surface area contributed by atoms with Gasteiger partial charge >= 0.3 is 5.97 Å². The maximum atomic E-state index is 12.3. The predicted octanol–water partition coefficient (Wildman–Crippen LogP) is 4.29. The molecule has 0 saturated carbocycles. The van der Waals surface area contributed by atoms with Gasteiger partial charge in [0, 0.05) is 22.8 Å². The van der Waals surface area contributed by atoms with Crippen LogP contribution >= 0.6 is 11.3 Å². The number of nitrogens with one attached hydrogen (secondary N) is 1. The number of phenolic OH excluding ortho intramolecular Hbond substituents is 1. The fourth-order valence-electron chi connectivity index (χ4n) is 3.29. The van der Waals surface area contributed by atoms with Gasteiger partial charge in [-0.25, -0.2) is 4.79 Å². The quantitative estimate of drug-likeness (QED) is 0.646. The number of hydrogen-bond acceptors (Lipinski definition) is 4. The molecule has 0 radical (unpaired) electrons. The van der Waals surface area contributed by atoms with E-state index in [0.29, 0.717) is 11.3 Å². The molecule has 6 heteroatoms. The van der Waals surface area contributed by atoms with Crippen LogP contribution < -0.4 is 5.32 Å². The van der Waals surface area contributed by atoms with Crippen molar-refractivity contribution in [2.45, 2.75) is 12.3 Å². The van der Waals surface area contributed by atoms with Gasteiger partial charge < -0.3 is 15.5 Å². The topological polar surface area (TPSA) is 86.6 Å². The average molecular weight is 365 g/mol. The van der Waals surface area contributed by atoms with Crippen LogP contribution in [0.5, 0.6) is 5.75 Å². The Kier molecular flexibility index (Phi) is 3.97. The summed E-state index contributed by atoms with van der Waals surface area (Å²) in [5, 5.41) is 22.1. The lowest BCUT2D eigenvalue weighted by Crippen LogP contribution is -2.22. The number of anilines is 1. The summed E-state index contributed by atoms with van der Waals surface area (Å²) in [6.45, 7) is 0. The van der Waals surface area contributed by atoms with Gasteiger partial charge in [0.1, 0.15) is 10.6 Å². The van der Waals surface area contributed by atoms with Gasteiger partial charge in [0.05, 0.1) is 5.69 Å². The van der Waals surface area contributed by atoms with E-state index >= 15 is 0 Å². The minimum atomic E-state index is -1.01. The number of carbonyl (C=O) groups excluding carboxylic acids is 1. The Hall–Kier alpha value is -3.12. The Balaban J connectivity index is 1.93. The second kappa shape index (κ2) is 6.31. The van der Waals surface area contributed by atoms with Gasteiger partial charge in [-0.05, 0) is 23.3 Å². The largest absolute Gasteiger partial charge is 0.508 e. The van der Waals surface area contributed by atoms with Crippen LogP contribution in [0, 0.1) is 0 Å². The first-order valence-corrected chi connectivity index (χ1v) is 8.90. The number of rotatable bonds is 3. The molecule has 1 aliphatic rings. The van der Waals surface area contributed by atoms with Gasteiger partial charge in [0.15, 0.2) is 0 Å². The third-order valence-corrected chi connectivity index (χ3v) is 5.75. The van der Waals surface area contributed by atoms with Crippen molar-refractivity contribution in [3.05, 3.63) is 69.9 Å².